The van der Waals surface area contributed by atoms with Crippen LogP contribution in [0.4, 0.5) is 0 Å². The fourth-order valence-electron chi connectivity index (χ4n) is 1.51. The van der Waals surface area contributed by atoms with E-state index in [1.807, 2.05) is 0 Å². The standard InChI is InChI=1S/C8H16ClNO/c9-3-6-10-4-1-8(7-11)2-5-10/h8,11H,1-7H2. The average Bonchev–Trinajstić information content (AvgIpc) is 2.07. The van der Waals surface area contributed by atoms with Gasteiger partial charge in [0, 0.05) is 19.0 Å². The number of rotatable bonds is 3. The minimum atomic E-state index is 0.356. The zero-order valence-electron chi connectivity index (χ0n) is 6.80. The second-order valence-electron chi connectivity index (χ2n) is 3.16. The van der Waals surface area contributed by atoms with Gasteiger partial charge in [0.1, 0.15) is 0 Å². The molecule has 0 aromatic heterocycles. The smallest absolute Gasteiger partial charge is 0.0460 e. The number of alkyl halides is 1. The molecule has 1 rings (SSSR count). The molecule has 1 fully saturated rings. The van der Waals surface area contributed by atoms with Gasteiger partial charge in [0.15, 0.2) is 0 Å². The third-order valence-corrected chi connectivity index (χ3v) is 2.54. The number of aliphatic hydroxyl groups is 1. The molecule has 2 nitrogen and oxygen atoms in total. The summed E-state index contributed by atoms with van der Waals surface area (Å²) in [6.45, 7) is 3.57. The first-order valence-electron chi connectivity index (χ1n) is 4.26. The molecule has 0 amide bonds. The minimum Gasteiger partial charge on any atom is -0.396 e. The largest absolute Gasteiger partial charge is 0.396 e. The van der Waals surface area contributed by atoms with Gasteiger partial charge in [0.25, 0.3) is 0 Å². The molecule has 0 unspecified atom stereocenters. The highest BCUT2D eigenvalue weighted by Crippen LogP contribution is 2.15. The van der Waals surface area contributed by atoms with Crippen molar-refractivity contribution in [2.75, 3.05) is 32.1 Å². The Balaban J connectivity index is 2.14. The van der Waals surface area contributed by atoms with E-state index >= 15 is 0 Å². The van der Waals surface area contributed by atoms with Crippen LogP contribution in [-0.4, -0.2) is 42.1 Å². The van der Waals surface area contributed by atoms with Crippen molar-refractivity contribution in [3.05, 3.63) is 0 Å². The van der Waals surface area contributed by atoms with Crippen LogP contribution in [0.5, 0.6) is 0 Å². The summed E-state index contributed by atoms with van der Waals surface area (Å²) in [7, 11) is 0. The summed E-state index contributed by atoms with van der Waals surface area (Å²) in [6.07, 6.45) is 2.26. The molecule has 1 saturated heterocycles. The van der Waals surface area contributed by atoms with Crippen molar-refractivity contribution in [3.63, 3.8) is 0 Å². The molecule has 0 atom stereocenters. The van der Waals surface area contributed by atoms with Crippen LogP contribution in [-0.2, 0) is 0 Å². The third-order valence-electron chi connectivity index (χ3n) is 2.37. The quantitative estimate of drug-likeness (QED) is 0.649. The van der Waals surface area contributed by atoms with E-state index in [9.17, 15) is 0 Å². The molecule has 3 heteroatoms. The van der Waals surface area contributed by atoms with Crippen LogP contribution in [0.2, 0.25) is 0 Å². The van der Waals surface area contributed by atoms with Gasteiger partial charge >= 0.3 is 0 Å². The average molecular weight is 178 g/mol. The van der Waals surface area contributed by atoms with Crippen molar-refractivity contribution in [2.45, 2.75) is 12.8 Å². The van der Waals surface area contributed by atoms with E-state index in [0.717, 1.165) is 38.4 Å². The highest BCUT2D eigenvalue weighted by molar-refractivity contribution is 6.18. The van der Waals surface area contributed by atoms with Crippen LogP contribution >= 0.6 is 11.6 Å². The monoisotopic (exact) mass is 177 g/mol. The van der Waals surface area contributed by atoms with E-state index in [1.54, 1.807) is 0 Å². The number of likely N-dealkylation sites (tertiary alicyclic amines) is 1. The summed E-state index contributed by atoms with van der Waals surface area (Å²) in [5.41, 5.74) is 0. The lowest BCUT2D eigenvalue weighted by molar-refractivity contribution is 0.136. The van der Waals surface area contributed by atoms with Gasteiger partial charge in [-0.05, 0) is 31.8 Å². The van der Waals surface area contributed by atoms with Gasteiger partial charge in [0.05, 0.1) is 0 Å². The maximum Gasteiger partial charge on any atom is 0.0460 e. The summed E-state index contributed by atoms with van der Waals surface area (Å²) < 4.78 is 0. The molecule has 1 heterocycles. The first-order valence-corrected chi connectivity index (χ1v) is 4.79. The van der Waals surface area contributed by atoms with E-state index in [-0.39, 0.29) is 0 Å². The molecule has 66 valence electrons. The maximum atomic E-state index is 8.86. The van der Waals surface area contributed by atoms with E-state index in [4.69, 9.17) is 16.7 Å². The highest BCUT2D eigenvalue weighted by Gasteiger charge is 2.17. The van der Waals surface area contributed by atoms with Crippen molar-refractivity contribution >= 4 is 11.6 Å². The van der Waals surface area contributed by atoms with Crippen LogP contribution < -0.4 is 0 Å². The molecule has 0 aromatic carbocycles. The Labute approximate surface area is 73.1 Å². The molecule has 1 aliphatic heterocycles. The molecular formula is C8H16ClNO. The predicted molar refractivity (Wildman–Crippen MR) is 47.0 cm³/mol. The zero-order valence-corrected chi connectivity index (χ0v) is 7.56. The van der Waals surface area contributed by atoms with E-state index in [1.165, 1.54) is 0 Å². The van der Waals surface area contributed by atoms with Gasteiger partial charge in [-0.3, -0.25) is 0 Å². The van der Waals surface area contributed by atoms with Crippen molar-refractivity contribution in [2.24, 2.45) is 5.92 Å². The van der Waals surface area contributed by atoms with Gasteiger partial charge < -0.3 is 10.0 Å². The topological polar surface area (TPSA) is 23.5 Å². The predicted octanol–water partition coefficient (Wildman–Crippen LogP) is 0.929. The Bertz CT molecular complexity index is 102. The number of piperidine rings is 1. The Morgan fingerprint density at radius 3 is 2.45 bits per heavy atom. The fourth-order valence-corrected chi connectivity index (χ4v) is 1.75. The number of hydrogen-bond donors (Lipinski definition) is 1. The van der Waals surface area contributed by atoms with E-state index < -0.39 is 0 Å². The van der Waals surface area contributed by atoms with Crippen molar-refractivity contribution in [3.8, 4) is 0 Å². The Hall–Kier alpha value is 0.210. The summed E-state index contributed by atoms with van der Waals surface area (Å²) in [5, 5.41) is 8.86. The van der Waals surface area contributed by atoms with Crippen LogP contribution in [0, 0.1) is 5.92 Å². The summed E-state index contributed by atoms with van der Waals surface area (Å²) >= 11 is 5.61. The number of aliphatic hydroxyl groups excluding tert-OH is 1. The molecule has 0 aromatic rings. The maximum absolute atomic E-state index is 8.86. The Kier molecular flexibility index (Phi) is 4.20. The fraction of sp³-hybridized carbons (Fsp3) is 1.00. The molecule has 0 radical (unpaired) electrons. The number of hydrogen-bond acceptors (Lipinski definition) is 2. The van der Waals surface area contributed by atoms with Crippen LogP contribution in [0.25, 0.3) is 0 Å². The summed E-state index contributed by atoms with van der Waals surface area (Å²) in [6, 6.07) is 0. The molecule has 0 aliphatic carbocycles. The molecule has 0 bridgehead atoms. The van der Waals surface area contributed by atoms with Crippen molar-refractivity contribution < 1.29 is 5.11 Å². The molecule has 0 spiro atoms. The SMILES string of the molecule is OCC1CCN(CCCl)CC1. The van der Waals surface area contributed by atoms with E-state index in [0.29, 0.717) is 12.5 Å². The van der Waals surface area contributed by atoms with Crippen LogP contribution in [0.1, 0.15) is 12.8 Å². The lowest BCUT2D eigenvalue weighted by atomic mass is 9.98. The first-order chi connectivity index (χ1) is 5.36. The Morgan fingerprint density at radius 1 is 1.36 bits per heavy atom. The number of halogens is 1. The van der Waals surface area contributed by atoms with Gasteiger partial charge in [-0.25, -0.2) is 0 Å². The van der Waals surface area contributed by atoms with Gasteiger partial charge in [-0.2, -0.15) is 0 Å². The number of nitrogens with zero attached hydrogens (tertiary/aromatic N) is 1. The van der Waals surface area contributed by atoms with Crippen LogP contribution in [0.3, 0.4) is 0 Å². The van der Waals surface area contributed by atoms with Gasteiger partial charge in [-0.1, -0.05) is 0 Å². The zero-order chi connectivity index (χ0) is 8.10. The first kappa shape index (κ1) is 9.30. The van der Waals surface area contributed by atoms with Gasteiger partial charge in [-0.15, -0.1) is 11.6 Å². The molecule has 0 saturated carbocycles. The Morgan fingerprint density at radius 2 is 2.00 bits per heavy atom. The molecule has 1 N–H and O–H groups in total. The lowest BCUT2D eigenvalue weighted by Crippen LogP contribution is -2.35. The molecule has 1 aliphatic rings. The van der Waals surface area contributed by atoms with Crippen LogP contribution in [0.15, 0.2) is 0 Å². The van der Waals surface area contributed by atoms with E-state index in [2.05, 4.69) is 4.90 Å². The minimum absolute atomic E-state index is 0.356. The van der Waals surface area contributed by atoms with Crippen molar-refractivity contribution in [1.29, 1.82) is 0 Å². The second-order valence-corrected chi connectivity index (χ2v) is 3.53. The second kappa shape index (κ2) is 4.96. The van der Waals surface area contributed by atoms with Gasteiger partial charge in [0.2, 0.25) is 0 Å². The normalized spacial score (nSPS) is 22.4. The third kappa shape index (κ3) is 2.97. The lowest BCUT2D eigenvalue weighted by Gasteiger charge is -2.30. The summed E-state index contributed by atoms with van der Waals surface area (Å²) in [5.74, 6) is 1.27. The highest BCUT2D eigenvalue weighted by atomic mass is 35.5. The molecular weight excluding hydrogens is 162 g/mol. The summed E-state index contributed by atoms with van der Waals surface area (Å²) in [4.78, 5) is 2.36. The van der Waals surface area contributed by atoms with Crippen molar-refractivity contribution in [1.82, 2.24) is 4.90 Å². The molecule has 11 heavy (non-hydrogen) atoms.